The molecular formula is C28H34FN3O3. The molecule has 1 aliphatic rings. The average molecular weight is 480 g/mol. The summed E-state index contributed by atoms with van der Waals surface area (Å²) in [5.41, 5.74) is 2.63. The largest absolute Gasteiger partial charge is 0.439 e. The van der Waals surface area contributed by atoms with Gasteiger partial charge >= 0.3 is 0 Å². The Kier molecular flexibility index (Phi) is 8.69. The molecule has 0 aliphatic carbocycles. The maximum Gasteiger partial charge on any atom is 0.227 e. The van der Waals surface area contributed by atoms with Crippen LogP contribution in [0.4, 0.5) is 4.39 Å². The van der Waals surface area contributed by atoms with Crippen molar-refractivity contribution < 1.29 is 19.0 Å². The summed E-state index contributed by atoms with van der Waals surface area (Å²) < 4.78 is 27.5. The van der Waals surface area contributed by atoms with E-state index in [1.165, 1.54) is 12.1 Å². The second-order valence-corrected chi connectivity index (χ2v) is 9.02. The molecule has 2 atom stereocenters. The van der Waals surface area contributed by atoms with Crippen molar-refractivity contribution in [2.45, 2.75) is 51.4 Å². The Bertz CT molecular complexity index is 1080. The van der Waals surface area contributed by atoms with Gasteiger partial charge in [0.15, 0.2) is 0 Å². The highest BCUT2D eigenvalue weighted by atomic mass is 19.1. The van der Waals surface area contributed by atoms with Crippen LogP contribution in [-0.4, -0.2) is 51.7 Å². The van der Waals surface area contributed by atoms with Crippen LogP contribution in [0.2, 0.25) is 0 Å². The molecule has 1 aromatic heterocycles. The van der Waals surface area contributed by atoms with Crippen LogP contribution in [0.1, 0.15) is 36.9 Å². The quantitative estimate of drug-likeness (QED) is 0.352. The van der Waals surface area contributed by atoms with Gasteiger partial charge in [0, 0.05) is 26.2 Å². The van der Waals surface area contributed by atoms with E-state index < -0.39 is 6.10 Å². The zero-order valence-corrected chi connectivity index (χ0v) is 20.3. The number of aryl methyl sites for hydroxylation is 1. The fraction of sp³-hybridized carbons (Fsp3) is 0.393. The predicted octanol–water partition coefficient (Wildman–Crippen LogP) is 5.42. The average Bonchev–Trinajstić information content (AvgIpc) is 3.48. The third kappa shape index (κ3) is 6.78. The highest BCUT2D eigenvalue weighted by Crippen LogP contribution is 2.32. The molecule has 1 N–H and O–H groups in total. The van der Waals surface area contributed by atoms with Gasteiger partial charge in [-0.3, -0.25) is 4.90 Å². The van der Waals surface area contributed by atoms with E-state index in [-0.39, 0.29) is 11.9 Å². The van der Waals surface area contributed by atoms with Crippen LogP contribution >= 0.6 is 0 Å². The molecule has 0 unspecified atom stereocenters. The zero-order valence-electron chi connectivity index (χ0n) is 20.3. The second kappa shape index (κ2) is 12.1. The molecule has 1 aliphatic heterocycles. The van der Waals surface area contributed by atoms with Crippen molar-refractivity contribution in [1.29, 1.82) is 0 Å². The molecule has 6 nitrogen and oxygen atoms in total. The second-order valence-electron chi connectivity index (χ2n) is 9.02. The first-order valence-electron chi connectivity index (χ1n) is 12.2. The molecule has 4 rings (SSSR count). The maximum atomic E-state index is 13.5. The van der Waals surface area contributed by atoms with Crippen molar-refractivity contribution in [2.75, 3.05) is 19.7 Å². The van der Waals surface area contributed by atoms with Gasteiger partial charge in [0.1, 0.15) is 11.6 Å². The summed E-state index contributed by atoms with van der Waals surface area (Å²) in [5, 5.41) is 15.5. The first-order chi connectivity index (χ1) is 17.0. The molecule has 2 heterocycles. The summed E-state index contributed by atoms with van der Waals surface area (Å²) in [6.07, 6.45) is 5.00. The fourth-order valence-corrected chi connectivity index (χ4v) is 4.39. The summed E-state index contributed by atoms with van der Waals surface area (Å²) >= 11 is 0. The van der Waals surface area contributed by atoms with Crippen molar-refractivity contribution in [1.82, 2.24) is 14.7 Å². The summed E-state index contributed by atoms with van der Waals surface area (Å²) in [6, 6.07) is 15.8. The van der Waals surface area contributed by atoms with E-state index in [4.69, 9.17) is 14.6 Å². The molecule has 0 bridgehead atoms. The Balaban J connectivity index is 1.66. The molecule has 0 radical (unpaired) electrons. The lowest BCUT2D eigenvalue weighted by Gasteiger charge is -2.27. The number of aliphatic hydroxyl groups is 1. The molecule has 2 aromatic carbocycles. The van der Waals surface area contributed by atoms with Gasteiger partial charge in [0.2, 0.25) is 5.88 Å². The molecule has 35 heavy (non-hydrogen) atoms. The summed E-state index contributed by atoms with van der Waals surface area (Å²) in [7, 11) is 0. The Morgan fingerprint density at radius 1 is 1.26 bits per heavy atom. The first-order valence-corrected chi connectivity index (χ1v) is 12.2. The number of aliphatic hydroxyl groups excluding tert-OH is 1. The number of halogens is 1. The number of allylic oxidation sites excluding steroid dienone is 1. The Hall–Kier alpha value is -3.00. The van der Waals surface area contributed by atoms with Gasteiger partial charge in [0.05, 0.1) is 29.2 Å². The number of aromatic nitrogens is 2. The highest BCUT2D eigenvalue weighted by Gasteiger charge is 2.25. The van der Waals surface area contributed by atoms with Crippen molar-refractivity contribution in [3.63, 3.8) is 0 Å². The van der Waals surface area contributed by atoms with Gasteiger partial charge in [-0.25, -0.2) is 9.07 Å². The third-order valence-corrected chi connectivity index (χ3v) is 6.21. The topological polar surface area (TPSA) is 59.8 Å². The van der Waals surface area contributed by atoms with Crippen LogP contribution in [0, 0.1) is 12.7 Å². The number of para-hydroxylation sites is 1. The van der Waals surface area contributed by atoms with Crippen LogP contribution < -0.4 is 4.74 Å². The molecule has 3 aromatic rings. The van der Waals surface area contributed by atoms with Crippen molar-refractivity contribution in [3.05, 3.63) is 84.3 Å². The SMILES string of the molecule is C=CCC[C@H](O)CN(Cc1c(C)nn(-c2ccccc2)c1Oc1ccc(F)cc1)C[C@@H]1CCCO1. The number of nitrogens with zero attached hydrogens (tertiary/aromatic N) is 3. The molecule has 0 spiro atoms. The number of ether oxygens (including phenoxy) is 2. The van der Waals surface area contributed by atoms with Crippen molar-refractivity contribution in [2.24, 2.45) is 0 Å². The highest BCUT2D eigenvalue weighted by molar-refractivity contribution is 5.43. The molecular weight excluding hydrogens is 445 g/mol. The van der Waals surface area contributed by atoms with Crippen LogP contribution in [0.5, 0.6) is 11.6 Å². The van der Waals surface area contributed by atoms with E-state index in [1.807, 2.05) is 43.3 Å². The number of hydrogen-bond donors (Lipinski definition) is 1. The normalized spacial score (nSPS) is 16.5. The summed E-state index contributed by atoms with van der Waals surface area (Å²) in [6.45, 7) is 8.28. The number of rotatable bonds is 12. The summed E-state index contributed by atoms with van der Waals surface area (Å²) in [5.74, 6) is 0.793. The van der Waals surface area contributed by atoms with Gasteiger partial charge in [-0.1, -0.05) is 24.3 Å². The van der Waals surface area contributed by atoms with Gasteiger partial charge in [0.25, 0.3) is 0 Å². The minimum Gasteiger partial charge on any atom is -0.439 e. The zero-order chi connectivity index (χ0) is 24.6. The lowest BCUT2D eigenvalue weighted by atomic mass is 10.1. The van der Waals surface area contributed by atoms with Gasteiger partial charge in [-0.05, 0) is 69.0 Å². The lowest BCUT2D eigenvalue weighted by molar-refractivity contribution is 0.0442. The van der Waals surface area contributed by atoms with Gasteiger partial charge < -0.3 is 14.6 Å². The van der Waals surface area contributed by atoms with Crippen molar-refractivity contribution >= 4 is 0 Å². The van der Waals surface area contributed by atoms with Crippen LogP contribution in [0.25, 0.3) is 5.69 Å². The first kappa shape index (κ1) is 25.1. The molecule has 1 saturated heterocycles. The van der Waals surface area contributed by atoms with Crippen molar-refractivity contribution in [3.8, 4) is 17.3 Å². The molecule has 7 heteroatoms. The third-order valence-electron chi connectivity index (χ3n) is 6.21. The standard InChI is InChI=1S/C28H34FN3O3/c1-3-4-11-24(33)18-31(19-26-12-8-17-34-26)20-27-21(2)30-32(23-9-6-5-7-10-23)28(27)35-25-15-13-22(29)14-16-25/h3,5-7,9-10,13-16,24,26,33H,1,4,8,11-12,17-20H2,2H3/t24-,26-/m0/s1. The van der Waals surface area contributed by atoms with Gasteiger partial charge in [-0.2, -0.15) is 5.10 Å². The van der Waals surface area contributed by atoms with Gasteiger partial charge in [-0.15, -0.1) is 6.58 Å². The van der Waals surface area contributed by atoms with Crippen LogP contribution in [0.15, 0.2) is 67.3 Å². The van der Waals surface area contributed by atoms with E-state index in [1.54, 1.807) is 16.8 Å². The monoisotopic (exact) mass is 479 g/mol. The Morgan fingerprint density at radius 2 is 2.03 bits per heavy atom. The molecule has 0 amide bonds. The van der Waals surface area contributed by atoms with E-state index >= 15 is 0 Å². The minimum atomic E-state index is -0.472. The smallest absolute Gasteiger partial charge is 0.227 e. The molecule has 0 saturated carbocycles. The fourth-order valence-electron chi connectivity index (χ4n) is 4.39. The van der Waals surface area contributed by atoms with Crippen LogP contribution in [0.3, 0.4) is 0 Å². The van der Waals surface area contributed by atoms with Crippen LogP contribution in [-0.2, 0) is 11.3 Å². The van der Waals surface area contributed by atoms with E-state index in [0.717, 1.165) is 49.4 Å². The Morgan fingerprint density at radius 3 is 2.71 bits per heavy atom. The van der Waals surface area contributed by atoms with E-state index in [9.17, 15) is 9.50 Å². The molecule has 1 fully saturated rings. The van der Waals surface area contributed by atoms with E-state index in [0.29, 0.717) is 31.1 Å². The maximum absolute atomic E-state index is 13.5. The molecule has 186 valence electrons. The number of benzene rings is 2. The Labute approximate surface area is 206 Å². The summed E-state index contributed by atoms with van der Waals surface area (Å²) in [4.78, 5) is 2.22. The lowest BCUT2D eigenvalue weighted by Crippen LogP contribution is -2.37. The number of hydrogen-bond acceptors (Lipinski definition) is 5. The van der Waals surface area contributed by atoms with E-state index in [2.05, 4.69) is 11.5 Å². The predicted molar refractivity (Wildman–Crippen MR) is 134 cm³/mol. The minimum absolute atomic E-state index is 0.146.